The second-order valence-electron chi connectivity index (χ2n) is 6.04. The highest BCUT2D eigenvalue weighted by atomic mass is 16.2. The molecule has 7 heteroatoms. The number of pyridine rings is 1. The van der Waals surface area contributed by atoms with Gasteiger partial charge in [0, 0.05) is 38.1 Å². The maximum Gasteiger partial charge on any atom is 0.224 e. The van der Waals surface area contributed by atoms with E-state index in [0.717, 1.165) is 16.8 Å². The fraction of sp³-hybridized carbons (Fsp3) is 0.200. The van der Waals surface area contributed by atoms with Crippen LogP contribution in [-0.2, 0) is 22.6 Å². The van der Waals surface area contributed by atoms with E-state index in [1.165, 1.54) is 0 Å². The van der Waals surface area contributed by atoms with Crippen molar-refractivity contribution in [1.29, 1.82) is 0 Å². The smallest absolute Gasteiger partial charge is 0.224 e. The van der Waals surface area contributed by atoms with Crippen molar-refractivity contribution in [2.45, 2.75) is 19.4 Å². The number of carbonyl (C=O) groups is 2. The van der Waals surface area contributed by atoms with E-state index in [4.69, 9.17) is 0 Å². The number of benzene rings is 1. The van der Waals surface area contributed by atoms with Crippen molar-refractivity contribution in [3.8, 4) is 5.69 Å². The van der Waals surface area contributed by atoms with E-state index < -0.39 is 0 Å². The van der Waals surface area contributed by atoms with Crippen molar-refractivity contribution in [2.24, 2.45) is 0 Å². The summed E-state index contributed by atoms with van der Waals surface area (Å²) in [4.78, 5) is 27.8. The molecule has 3 aromatic rings. The van der Waals surface area contributed by atoms with Crippen LogP contribution in [0.2, 0.25) is 0 Å². The van der Waals surface area contributed by atoms with Crippen LogP contribution in [0.5, 0.6) is 0 Å². The van der Waals surface area contributed by atoms with Gasteiger partial charge in [0.1, 0.15) is 0 Å². The fourth-order valence-electron chi connectivity index (χ4n) is 2.53. The maximum absolute atomic E-state index is 12.0. The van der Waals surface area contributed by atoms with E-state index in [1.807, 2.05) is 48.7 Å². The van der Waals surface area contributed by atoms with E-state index >= 15 is 0 Å². The summed E-state index contributed by atoms with van der Waals surface area (Å²) >= 11 is 0. The largest absolute Gasteiger partial charge is 0.355 e. The van der Waals surface area contributed by atoms with Gasteiger partial charge in [0.05, 0.1) is 18.3 Å². The minimum atomic E-state index is -0.135. The van der Waals surface area contributed by atoms with Crippen LogP contribution < -0.4 is 10.6 Å². The zero-order valence-electron chi connectivity index (χ0n) is 14.8. The monoisotopic (exact) mass is 363 g/mol. The Morgan fingerprint density at radius 2 is 1.70 bits per heavy atom. The molecule has 2 heterocycles. The van der Waals surface area contributed by atoms with Crippen LogP contribution in [0.15, 0.2) is 67.3 Å². The Bertz CT molecular complexity index is 878. The second-order valence-corrected chi connectivity index (χ2v) is 6.04. The number of nitrogens with zero attached hydrogens (tertiary/aromatic N) is 3. The van der Waals surface area contributed by atoms with Crippen LogP contribution >= 0.6 is 0 Å². The summed E-state index contributed by atoms with van der Waals surface area (Å²) in [6.07, 6.45) is 7.33. The molecule has 0 bridgehead atoms. The van der Waals surface area contributed by atoms with Crippen molar-refractivity contribution >= 4 is 11.8 Å². The first-order chi connectivity index (χ1) is 13.2. The molecule has 0 spiro atoms. The molecular weight excluding hydrogens is 342 g/mol. The van der Waals surface area contributed by atoms with E-state index in [1.54, 1.807) is 23.3 Å². The first-order valence-corrected chi connectivity index (χ1v) is 8.72. The summed E-state index contributed by atoms with van der Waals surface area (Å²) in [6, 6.07) is 13.4. The standard InChI is InChI=1S/C20H21N5O2/c26-19(23-13-16-6-9-21-10-7-16)8-11-22-20(27)12-17-14-24-25(15-17)18-4-2-1-3-5-18/h1-7,9-10,14-15H,8,11-13H2,(H,22,27)(H,23,26). The normalized spacial score (nSPS) is 10.4. The summed E-state index contributed by atoms with van der Waals surface area (Å²) < 4.78 is 1.73. The fourth-order valence-corrected chi connectivity index (χ4v) is 2.53. The van der Waals surface area contributed by atoms with Crippen molar-refractivity contribution in [1.82, 2.24) is 25.4 Å². The van der Waals surface area contributed by atoms with Gasteiger partial charge in [0.25, 0.3) is 0 Å². The molecule has 0 saturated heterocycles. The maximum atomic E-state index is 12.0. The lowest BCUT2D eigenvalue weighted by Gasteiger charge is -2.06. The first kappa shape index (κ1) is 18.3. The average Bonchev–Trinajstić information content (AvgIpc) is 3.16. The Morgan fingerprint density at radius 3 is 2.48 bits per heavy atom. The lowest BCUT2D eigenvalue weighted by molar-refractivity contribution is -0.122. The summed E-state index contributed by atoms with van der Waals surface area (Å²) in [7, 11) is 0. The van der Waals surface area contributed by atoms with Gasteiger partial charge in [0.15, 0.2) is 0 Å². The first-order valence-electron chi connectivity index (χ1n) is 8.72. The van der Waals surface area contributed by atoms with E-state index in [0.29, 0.717) is 13.1 Å². The zero-order valence-corrected chi connectivity index (χ0v) is 14.8. The van der Waals surface area contributed by atoms with Gasteiger partial charge in [-0.25, -0.2) is 4.68 Å². The summed E-state index contributed by atoms with van der Waals surface area (Å²) in [5, 5.41) is 9.84. The quantitative estimate of drug-likeness (QED) is 0.637. The van der Waals surface area contributed by atoms with Gasteiger partial charge < -0.3 is 10.6 Å². The summed E-state index contributed by atoms with van der Waals surface area (Å²) in [5.74, 6) is -0.242. The van der Waals surface area contributed by atoms with Crippen LogP contribution in [-0.4, -0.2) is 33.1 Å². The van der Waals surface area contributed by atoms with E-state index in [2.05, 4.69) is 20.7 Å². The minimum absolute atomic E-state index is 0.107. The molecule has 2 amide bonds. The van der Waals surface area contributed by atoms with Gasteiger partial charge in [0.2, 0.25) is 11.8 Å². The van der Waals surface area contributed by atoms with Crippen molar-refractivity contribution < 1.29 is 9.59 Å². The molecule has 0 aliphatic carbocycles. The van der Waals surface area contributed by atoms with Gasteiger partial charge in [-0.05, 0) is 35.4 Å². The van der Waals surface area contributed by atoms with Crippen molar-refractivity contribution in [2.75, 3.05) is 6.54 Å². The molecule has 0 radical (unpaired) electrons. The molecule has 0 aliphatic rings. The third kappa shape index (κ3) is 5.78. The molecule has 0 fully saturated rings. The van der Waals surface area contributed by atoms with Crippen LogP contribution in [0.1, 0.15) is 17.5 Å². The number of para-hydroxylation sites is 1. The second kappa shape index (κ2) is 9.28. The Balaban J connectivity index is 1.37. The molecule has 7 nitrogen and oxygen atoms in total. The number of hydrogen-bond acceptors (Lipinski definition) is 4. The van der Waals surface area contributed by atoms with Gasteiger partial charge in [-0.1, -0.05) is 18.2 Å². The Labute approximate surface area is 157 Å². The molecule has 138 valence electrons. The van der Waals surface area contributed by atoms with Gasteiger partial charge in [-0.3, -0.25) is 14.6 Å². The predicted molar refractivity (Wildman–Crippen MR) is 101 cm³/mol. The number of nitrogens with one attached hydrogen (secondary N) is 2. The van der Waals surface area contributed by atoms with E-state index in [-0.39, 0.29) is 24.7 Å². The lowest BCUT2D eigenvalue weighted by Crippen LogP contribution is -2.31. The third-order valence-electron chi connectivity index (χ3n) is 3.93. The lowest BCUT2D eigenvalue weighted by atomic mass is 10.2. The molecule has 27 heavy (non-hydrogen) atoms. The molecule has 1 aromatic carbocycles. The number of hydrogen-bond donors (Lipinski definition) is 2. The molecular formula is C20H21N5O2. The Hall–Kier alpha value is -3.48. The number of carbonyl (C=O) groups excluding carboxylic acids is 2. The minimum Gasteiger partial charge on any atom is -0.355 e. The van der Waals surface area contributed by atoms with Gasteiger partial charge in [-0.2, -0.15) is 5.10 Å². The zero-order chi connectivity index (χ0) is 18.9. The number of rotatable bonds is 8. The molecule has 0 aliphatic heterocycles. The average molecular weight is 363 g/mol. The van der Waals surface area contributed by atoms with Crippen LogP contribution in [0.4, 0.5) is 0 Å². The molecule has 0 saturated carbocycles. The Kier molecular flexibility index (Phi) is 6.30. The number of amides is 2. The SMILES string of the molecule is O=C(CCNC(=O)Cc1cnn(-c2ccccc2)c1)NCc1ccncc1. The predicted octanol–water partition coefficient (Wildman–Crippen LogP) is 1.63. The van der Waals surface area contributed by atoms with Gasteiger partial charge in [-0.15, -0.1) is 0 Å². The van der Waals surface area contributed by atoms with Crippen molar-refractivity contribution in [3.05, 3.63) is 78.4 Å². The van der Waals surface area contributed by atoms with Crippen LogP contribution in [0.3, 0.4) is 0 Å². The molecule has 3 rings (SSSR count). The molecule has 2 N–H and O–H groups in total. The highest BCUT2D eigenvalue weighted by molar-refractivity contribution is 5.80. The molecule has 0 atom stereocenters. The van der Waals surface area contributed by atoms with E-state index in [9.17, 15) is 9.59 Å². The Morgan fingerprint density at radius 1 is 0.926 bits per heavy atom. The molecule has 2 aromatic heterocycles. The highest BCUT2D eigenvalue weighted by Gasteiger charge is 2.08. The summed E-state index contributed by atoms with van der Waals surface area (Å²) in [6.45, 7) is 0.752. The van der Waals surface area contributed by atoms with Crippen molar-refractivity contribution in [3.63, 3.8) is 0 Å². The topological polar surface area (TPSA) is 88.9 Å². The number of aromatic nitrogens is 3. The van der Waals surface area contributed by atoms with Crippen LogP contribution in [0, 0.1) is 0 Å². The third-order valence-corrected chi connectivity index (χ3v) is 3.93. The van der Waals surface area contributed by atoms with Crippen LogP contribution in [0.25, 0.3) is 5.69 Å². The summed E-state index contributed by atoms with van der Waals surface area (Å²) in [5.41, 5.74) is 2.74. The highest BCUT2D eigenvalue weighted by Crippen LogP contribution is 2.08. The van der Waals surface area contributed by atoms with Gasteiger partial charge >= 0.3 is 0 Å². The molecule has 0 unspecified atom stereocenters.